The zero-order valence-electron chi connectivity index (χ0n) is 23.2. The van der Waals surface area contributed by atoms with E-state index in [0.717, 1.165) is 40.9 Å². The lowest BCUT2D eigenvalue weighted by molar-refractivity contribution is -0.137. The SMILES string of the molecule is O=C(CSc1ccc(NC(=O)/C(=C\c2c[nH]c3ccccc23)NC(=O)c2ccccc2)cc1)Nc1cc(C(F)(F)F)ccc1Cl. The van der Waals surface area contributed by atoms with Gasteiger partial charge >= 0.3 is 6.18 Å². The summed E-state index contributed by atoms with van der Waals surface area (Å²) in [4.78, 5) is 42.6. The number of benzene rings is 4. The van der Waals surface area contributed by atoms with E-state index in [9.17, 15) is 27.6 Å². The van der Waals surface area contributed by atoms with Crippen molar-refractivity contribution < 1.29 is 27.6 Å². The number of aromatic amines is 1. The van der Waals surface area contributed by atoms with E-state index < -0.39 is 29.5 Å². The van der Waals surface area contributed by atoms with Crippen LogP contribution in [0.5, 0.6) is 0 Å². The molecule has 0 aliphatic rings. The van der Waals surface area contributed by atoms with Crippen LogP contribution in [0.2, 0.25) is 5.02 Å². The number of amides is 3. The van der Waals surface area contributed by atoms with Crippen LogP contribution in [0.15, 0.2) is 114 Å². The maximum Gasteiger partial charge on any atom is 0.416 e. The van der Waals surface area contributed by atoms with Gasteiger partial charge in [0.2, 0.25) is 5.91 Å². The predicted molar refractivity (Wildman–Crippen MR) is 171 cm³/mol. The first-order valence-electron chi connectivity index (χ1n) is 13.4. The second kappa shape index (κ2) is 13.7. The van der Waals surface area contributed by atoms with E-state index in [4.69, 9.17) is 11.6 Å². The normalized spacial score (nSPS) is 11.7. The third-order valence-electron chi connectivity index (χ3n) is 6.50. The highest BCUT2D eigenvalue weighted by Crippen LogP contribution is 2.34. The lowest BCUT2D eigenvalue weighted by Gasteiger charge is -2.12. The number of anilines is 2. The minimum absolute atomic E-state index is 0.0143. The minimum atomic E-state index is -4.57. The Morgan fingerprint density at radius 3 is 2.31 bits per heavy atom. The highest BCUT2D eigenvalue weighted by molar-refractivity contribution is 8.00. The van der Waals surface area contributed by atoms with Crippen molar-refractivity contribution >= 4 is 69.4 Å². The number of fused-ring (bicyclic) bond motifs is 1. The van der Waals surface area contributed by atoms with Gasteiger partial charge in [0.15, 0.2) is 0 Å². The van der Waals surface area contributed by atoms with Gasteiger partial charge in [0.05, 0.1) is 22.0 Å². The Bertz CT molecular complexity index is 1890. The molecule has 1 heterocycles. The summed E-state index contributed by atoms with van der Waals surface area (Å²) >= 11 is 7.11. The molecule has 4 N–H and O–H groups in total. The number of carbonyl (C=O) groups excluding carboxylic acids is 3. The molecule has 0 radical (unpaired) electrons. The van der Waals surface area contributed by atoms with Gasteiger partial charge < -0.3 is 20.9 Å². The predicted octanol–water partition coefficient (Wildman–Crippen LogP) is 7.98. The molecule has 3 amide bonds. The van der Waals surface area contributed by atoms with E-state index in [-0.39, 0.29) is 22.2 Å². The summed E-state index contributed by atoms with van der Waals surface area (Å²) in [5.41, 5.74) is 1.37. The molecule has 0 aliphatic heterocycles. The molecule has 0 fully saturated rings. The van der Waals surface area contributed by atoms with Gasteiger partial charge in [-0.3, -0.25) is 14.4 Å². The summed E-state index contributed by atoms with van der Waals surface area (Å²) in [7, 11) is 0. The molecule has 7 nitrogen and oxygen atoms in total. The Balaban J connectivity index is 1.25. The Labute approximate surface area is 264 Å². The first-order chi connectivity index (χ1) is 21.6. The van der Waals surface area contributed by atoms with Crippen molar-refractivity contribution in [1.82, 2.24) is 10.3 Å². The highest BCUT2D eigenvalue weighted by Gasteiger charge is 2.31. The number of alkyl halides is 3. The molecule has 5 aromatic rings. The molecule has 0 aliphatic carbocycles. The second-order valence-electron chi connectivity index (χ2n) is 9.68. The smallest absolute Gasteiger partial charge is 0.361 e. The molecule has 0 saturated heterocycles. The second-order valence-corrected chi connectivity index (χ2v) is 11.1. The number of aromatic nitrogens is 1. The number of nitrogens with one attached hydrogen (secondary N) is 4. The average molecular weight is 649 g/mol. The third-order valence-corrected chi connectivity index (χ3v) is 7.84. The number of halogens is 4. The fourth-order valence-corrected chi connectivity index (χ4v) is 5.14. The third kappa shape index (κ3) is 8.14. The summed E-state index contributed by atoms with van der Waals surface area (Å²) in [6.45, 7) is 0. The van der Waals surface area contributed by atoms with Crippen molar-refractivity contribution in [3.8, 4) is 0 Å². The summed E-state index contributed by atoms with van der Waals surface area (Å²) in [5.74, 6) is -1.64. The van der Waals surface area contributed by atoms with Crippen LogP contribution in [-0.4, -0.2) is 28.5 Å². The molecule has 0 atom stereocenters. The van der Waals surface area contributed by atoms with E-state index in [1.54, 1.807) is 66.9 Å². The van der Waals surface area contributed by atoms with Crippen molar-refractivity contribution in [3.63, 3.8) is 0 Å². The highest BCUT2D eigenvalue weighted by atomic mass is 35.5. The molecule has 0 saturated carbocycles. The van der Waals surface area contributed by atoms with Crippen molar-refractivity contribution in [2.24, 2.45) is 0 Å². The zero-order chi connectivity index (χ0) is 32.0. The van der Waals surface area contributed by atoms with Crippen LogP contribution in [0.4, 0.5) is 24.5 Å². The lowest BCUT2D eigenvalue weighted by Crippen LogP contribution is -2.30. The fourth-order valence-electron chi connectivity index (χ4n) is 4.28. The van der Waals surface area contributed by atoms with Gasteiger partial charge in [-0.25, -0.2) is 0 Å². The molecular formula is C33H24ClF3N4O3S. The number of hydrogen-bond acceptors (Lipinski definition) is 4. The standard InChI is InChI=1S/C33H24ClF3N4O3S/c34-26-15-10-22(33(35,36)37)17-28(26)40-30(42)19-45-24-13-11-23(12-14-24)39-32(44)29(41-31(43)20-6-2-1-3-7-20)16-21-18-38-27-9-5-4-8-25(21)27/h1-18,38H,19H2,(H,39,44)(H,40,42)(H,41,43)/b29-16+. The first kappa shape index (κ1) is 31.4. The molecule has 1 aromatic heterocycles. The Kier molecular flexibility index (Phi) is 9.60. The molecular weight excluding hydrogens is 625 g/mol. The van der Waals surface area contributed by atoms with Crippen LogP contribution >= 0.6 is 23.4 Å². The molecule has 0 spiro atoms. The van der Waals surface area contributed by atoms with Gasteiger partial charge in [-0.15, -0.1) is 11.8 Å². The molecule has 5 rings (SSSR count). The van der Waals surface area contributed by atoms with Gasteiger partial charge in [0.1, 0.15) is 5.70 Å². The van der Waals surface area contributed by atoms with Gasteiger partial charge in [-0.1, -0.05) is 48.0 Å². The van der Waals surface area contributed by atoms with E-state index in [1.165, 1.54) is 0 Å². The van der Waals surface area contributed by atoms with Crippen LogP contribution in [0.3, 0.4) is 0 Å². The monoisotopic (exact) mass is 648 g/mol. The maximum absolute atomic E-state index is 13.4. The minimum Gasteiger partial charge on any atom is -0.361 e. The van der Waals surface area contributed by atoms with Gasteiger partial charge in [-0.05, 0) is 66.7 Å². The molecule has 4 aromatic carbocycles. The Morgan fingerprint density at radius 1 is 0.867 bits per heavy atom. The number of H-pyrrole nitrogens is 1. The van der Waals surface area contributed by atoms with Crippen LogP contribution in [0.25, 0.3) is 17.0 Å². The number of thioether (sulfide) groups is 1. The molecule has 0 bridgehead atoms. The molecule has 12 heteroatoms. The Morgan fingerprint density at radius 2 is 1.58 bits per heavy atom. The Hall–Kier alpha value is -5.00. The van der Waals surface area contributed by atoms with Crippen molar-refractivity contribution in [3.05, 3.63) is 131 Å². The topological polar surface area (TPSA) is 103 Å². The van der Waals surface area contributed by atoms with Crippen LogP contribution in [0.1, 0.15) is 21.5 Å². The molecule has 45 heavy (non-hydrogen) atoms. The van der Waals surface area contributed by atoms with Gasteiger partial charge in [-0.2, -0.15) is 13.2 Å². The van der Waals surface area contributed by atoms with Gasteiger partial charge in [0.25, 0.3) is 11.8 Å². The summed E-state index contributed by atoms with van der Waals surface area (Å²) < 4.78 is 39.1. The molecule has 228 valence electrons. The number of carbonyl (C=O) groups is 3. The van der Waals surface area contributed by atoms with E-state index in [2.05, 4.69) is 20.9 Å². The lowest BCUT2D eigenvalue weighted by atomic mass is 10.1. The largest absolute Gasteiger partial charge is 0.416 e. The number of para-hydroxylation sites is 1. The average Bonchev–Trinajstić information content (AvgIpc) is 3.44. The quantitative estimate of drug-likeness (QED) is 0.0961. The number of hydrogen-bond donors (Lipinski definition) is 4. The van der Waals surface area contributed by atoms with E-state index in [1.807, 2.05) is 24.3 Å². The van der Waals surface area contributed by atoms with Crippen LogP contribution in [0, 0.1) is 0 Å². The van der Waals surface area contributed by atoms with E-state index >= 15 is 0 Å². The van der Waals surface area contributed by atoms with Crippen molar-refractivity contribution in [2.75, 3.05) is 16.4 Å². The zero-order valence-corrected chi connectivity index (χ0v) is 24.8. The molecule has 0 unspecified atom stereocenters. The summed E-state index contributed by atoms with van der Waals surface area (Å²) in [6.07, 6.45) is -1.24. The van der Waals surface area contributed by atoms with Gasteiger partial charge in [0, 0.05) is 38.8 Å². The van der Waals surface area contributed by atoms with Crippen LogP contribution in [-0.2, 0) is 15.8 Å². The maximum atomic E-state index is 13.4. The summed E-state index contributed by atoms with van der Waals surface area (Å²) in [5, 5.41) is 8.76. The number of rotatable bonds is 9. The summed E-state index contributed by atoms with van der Waals surface area (Å²) in [6, 6.07) is 25.4. The van der Waals surface area contributed by atoms with E-state index in [0.29, 0.717) is 21.7 Å². The van der Waals surface area contributed by atoms with Crippen LogP contribution < -0.4 is 16.0 Å². The fraction of sp³-hybridized carbons (Fsp3) is 0.0606. The first-order valence-corrected chi connectivity index (χ1v) is 14.8. The van der Waals surface area contributed by atoms with Crippen molar-refractivity contribution in [2.45, 2.75) is 11.1 Å². The van der Waals surface area contributed by atoms with Crippen molar-refractivity contribution in [1.29, 1.82) is 0 Å².